The molecule has 4 heterocycles. The number of carbonyl (C=O) groups excluding carboxylic acids is 1. The van der Waals surface area contributed by atoms with E-state index in [2.05, 4.69) is 9.82 Å². The molecule has 1 aromatic carbocycles. The Hall–Kier alpha value is -2.99. The summed E-state index contributed by atoms with van der Waals surface area (Å²) in [7, 11) is 0. The number of halogens is 1. The van der Waals surface area contributed by atoms with Crippen LogP contribution in [-0.2, 0) is 30.4 Å². The molecule has 11 nitrogen and oxygen atoms in total. The first kappa shape index (κ1) is 21.8. The third-order valence-electron chi connectivity index (χ3n) is 5.82. The molecule has 12 heteroatoms. The molecule has 5 atom stereocenters. The Morgan fingerprint density at radius 2 is 1.85 bits per heavy atom. The molecule has 3 aliphatic heterocycles. The van der Waals surface area contributed by atoms with Gasteiger partial charge in [-0.3, -0.25) is 4.98 Å². The van der Waals surface area contributed by atoms with Crippen LogP contribution in [0.25, 0.3) is 0 Å². The van der Waals surface area contributed by atoms with Crippen LogP contribution in [0.4, 0.5) is 4.79 Å². The van der Waals surface area contributed by atoms with Gasteiger partial charge < -0.3 is 28.5 Å². The topological polar surface area (TPSA) is 128 Å². The Bertz CT molecular complexity index is 1080. The van der Waals surface area contributed by atoms with Crippen molar-refractivity contribution in [3.63, 3.8) is 0 Å². The van der Waals surface area contributed by atoms with E-state index in [9.17, 15) is 14.9 Å². The van der Waals surface area contributed by atoms with Gasteiger partial charge in [-0.25, -0.2) is 4.79 Å². The van der Waals surface area contributed by atoms with Crippen LogP contribution in [0.1, 0.15) is 28.5 Å². The fourth-order valence-corrected chi connectivity index (χ4v) is 4.42. The van der Waals surface area contributed by atoms with Gasteiger partial charge in [-0.15, -0.1) is 10.1 Å². The Morgan fingerprint density at radius 1 is 1.15 bits per heavy atom. The van der Waals surface area contributed by atoms with E-state index >= 15 is 0 Å². The minimum absolute atomic E-state index is 0.00783. The number of hydrogen-bond donors (Lipinski definition) is 0. The zero-order valence-corrected chi connectivity index (χ0v) is 18.1. The number of carbonyl (C=O) groups is 1. The summed E-state index contributed by atoms with van der Waals surface area (Å²) >= 11 is 5.98. The molecule has 33 heavy (non-hydrogen) atoms. The molecule has 0 amide bonds. The van der Waals surface area contributed by atoms with Crippen molar-refractivity contribution >= 4 is 17.8 Å². The highest BCUT2D eigenvalue weighted by Gasteiger charge is 2.51. The van der Waals surface area contributed by atoms with E-state index in [1.54, 1.807) is 25.3 Å². The molecular weight excluding hydrogens is 460 g/mol. The van der Waals surface area contributed by atoms with Crippen LogP contribution in [0.15, 0.2) is 30.5 Å². The Morgan fingerprint density at radius 3 is 2.58 bits per heavy atom. The minimum atomic E-state index is -0.959. The van der Waals surface area contributed by atoms with Crippen molar-refractivity contribution in [3.05, 3.63) is 68.0 Å². The standard InChI is InChI=1S/C21H19ClN2O9/c1-10-17(14-7-28-18(13(14)6-23-10)11-2-4-12(22)5-3-11)32-21(25)31-15-8-29-20-16(33-24(26)27)9-30-19(15)20/h2-6,15-16,18-20H,7-9H2,1H3/t15-,16+,18?,19+,20+/m0/s1. The number of ether oxygens (including phenoxy) is 5. The molecule has 174 valence electrons. The quantitative estimate of drug-likeness (QED) is 0.359. The summed E-state index contributed by atoms with van der Waals surface area (Å²) in [5.41, 5.74) is 2.89. The number of aryl methyl sites for hydroxylation is 1. The number of hydrogen-bond acceptors (Lipinski definition) is 10. The summed E-state index contributed by atoms with van der Waals surface area (Å²) in [6.45, 7) is 1.92. The Balaban J connectivity index is 1.28. The van der Waals surface area contributed by atoms with Crippen LogP contribution in [0, 0.1) is 17.0 Å². The van der Waals surface area contributed by atoms with Crippen molar-refractivity contribution in [2.75, 3.05) is 13.2 Å². The first-order chi connectivity index (χ1) is 15.9. The molecule has 0 aliphatic carbocycles. The molecule has 1 unspecified atom stereocenters. The van der Waals surface area contributed by atoms with Crippen molar-refractivity contribution < 1.29 is 38.4 Å². The molecule has 2 fully saturated rings. The van der Waals surface area contributed by atoms with E-state index < -0.39 is 35.7 Å². The summed E-state index contributed by atoms with van der Waals surface area (Å²) in [4.78, 5) is 32.1. The van der Waals surface area contributed by atoms with Gasteiger partial charge in [0.15, 0.2) is 18.0 Å². The lowest BCUT2D eigenvalue weighted by Crippen LogP contribution is -2.36. The van der Waals surface area contributed by atoms with Crippen molar-refractivity contribution in [1.82, 2.24) is 4.98 Å². The zero-order chi connectivity index (χ0) is 23.1. The number of nitrogens with zero attached hydrogens (tertiary/aromatic N) is 2. The van der Waals surface area contributed by atoms with Crippen LogP contribution in [0.2, 0.25) is 5.02 Å². The van der Waals surface area contributed by atoms with E-state index in [4.69, 9.17) is 35.3 Å². The third-order valence-corrected chi connectivity index (χ3v) is 6.07. The highest BCUT2D eigenvalue weighted by molar-refractivity contribution is 6.30. The largest absolute Gasteiger partial charge is 0.514 e. The van der Waals surface area contributed by atoms with E-state index in [0.717, 1.165) is 11.1 Å². The number of pyridine rings is 1. The van der Waals surface area contributed by atoms with Crippen LogP contribution in [0.5, 0.6) is 5.75 Å². The predicted molar refractivity (Wildman–Crippen MR) is 109 cm³/mol. The average Bonchev–Trinajstić information content (AvgIpc) is 3.48. The normalized spacial score (nSPS) is 27.6. The second-order valence-electron chi connectivity index (χ2n) is 7.82. The van der Waals surface area contributed by atoms with Crippen molar-refractivity contribution in [3.8, 4) is 5.75 Å². The molecular formula is C21H19ClN2O9. The molecule has 2 aromatic rings. The van der Waals surface area contributed by atoms with Crippen molar-refractivity contribution in [2.45, 2.75) is 44.1 Å². The van der Waals surface area contributed by atoms with Crippen LogP contribution in [0.3, 0.4) is 0 Å². The molecule has 1 aromatic heterocycles. The first-order valence-corrected chi connectivity index (χ1v) is 10.6. The monoisotopic (exact) mass is 478 g/mol. The van der Waals surface area contributed by atoms with Crippen LogP contribution < -0.4 is 4.74 Å². The lowest BCUT2D eigenvalue weighted by atomic mass is 10.0. The summed E-state index contributed by atoms with van der Waals surface area (Å²) in [5.74, 6) is 0.270. The number of rotatable bonds is 5. The van der Waals surface area contributed by atoms with Gasteiger partial charge in [-0.05, 0) is 24.6 Å². The fraction of sp³-hybridized carbons (Fsp3) is 0.429. The number of fused-ring (bicyclic) bond motifs is 2. The van der Waals surface area contributed by atoms with Crippen molar-refractivity contribution in [2.24, 2.45) is 0 Å². The van der Waals surface area contributed by atoms with Crippen LogP contribution in [-0.4, -0.2) is 53.9 Å². The highest BCUT2D eigenvalue weighted by Crippen LogP contribution is 2.41. The second kappa shape index (κ2) is 8.75. The predicted octanol–water partition coefficient (Wildman–Crippen LogP) is 2.92. The maximum absolute atomic E-state index is 12.6. The maximum Gasteiger partial charge on any atom is 0.514 e. The molecule has 0 bridgehead atoms. The summed E-state index contributed by atoms with van der Waals surface area (Å²) in [5, 5.41) is 10.3. The molecule has 0 spiro atoms. The SMILES string of the molecule is Cc1ncc2c(c1OC(=O)O[C@H]1CO[C@H]3[C@@H]1OC[C@H]3O[N+](=O)[O-])COC2c1ccc(Cl)cc1. The Kier molecular flexibility index (Phi) is 5.79. The van der Waals surface area contributed by atoms with E-state index in [1.165, 1.54) is 0 Å². The van der Waals surface area contributed by atoms with Gasteiger partial charge in [0.05, 0.1) is 25.5 Å². The molecule has 0 radical (unpaired) electrons. The van der Waals surface area contributed by atoms with E-state index in [-0.39, 0.29) is 31.7 Å². The van der Waals surface area contributed by atoms with E-state index in [0.29, 0.717) is 16.3 Å². The third kappa shape index (κ3) is 4.20. The molecule has 0 saturated carbocycles. The smallest absolute Gasteiger partial charge is 0.425 e. The van der Waals surface area contributed by atoms with E-state index in [1.807, 2.05) is 12.1 Å². The van der Waals surface area contributed by atoms with Crippen LogP contribution >= 0.6 is 11.6 Å². The Labute approximate surface area is 192 Å². The molecule has 5 rings (SSSR count). The molecule has 0 N–H and O–H groups in total. The van der Waals surface area contributed by atoms with Gasteiger partial charge in [-0.1, -0.05) is 23.7 Å². The zero-order valence-electron chi connectivity index (χ0n) is 17.3. The summed E-state index contributed by atoms with van der Waals surface area (Å²) in [6, 6.07) is 7.28. The number of benzene rings is 1. The second-order valence-corrected chi connectivity index (χ2v) is 8.26. The minimum Gasteiger partial charge on any atom is -0.425 e. The van der Waals surface area contributed by atoms with Gasteiger partial charge in [0.1, 0.15) is 18.3 Å². The highest BCUT2D eigenvalue weighted by atomic mass is 35.5. The lowest BCUT2D eigenvalue weighted by Gasteiger charge is -2.17. The van der Waals surface area contributed by atoms with Gasteiger partial charge in [-0.2, -0.15) is 0 Å². The molecule has 3 aliphatic rings. The van der Waals surface area contributed by atoms with Gasteiger partial charge >= 0.3 is 6.16 Å². The first-order valence-electron chi connectivity index (χ1n) is 10.2. The number of aromatic nitrogens is 1. The van der Waals surface area contributed by atoms with Crippen molar-refractivity contribution in [1.29, 1.82) is 0 Å². The van der Waals surface area contributed by atoms with Gasteiger partial charge in [0.2, 0.25) is 0 Å². The fourth-order valence-electron chi connectivity index (χ4n) is 4.29. The maximum atomic E-state index is 12.6. The molecule has 2 saturated heterocycles. The lowest BCUT2D eigenvalue weighted by molar-refractivity contribution is -0.769. The summed E-state index contributed by atoms with van der Waals surface area (Å²) in [6.07, 6.45) is -2.66. The summed E-state index contributed by atoms with van der Waals surface area (Å²) < 4.78 is 27.8. The van der Waals surface area contributed by atoms with Gasteiger partial charge in [0.25, 0.3) is 5.09 Å². The van der Waals surface area contributed by atoms with Gasteiger partial charge in [0, 0.05) is 22.3 Å². The average molecular weight is 479 g/mol.